The summed E-state index contributed by atoms with van der Waals surface area (Å²) in [6.45, 7) is 5.59. The average Bonchev–Trinajstić information content (AvgIpc) is 2.62. The van der Waals surface area contributed by atoms with E-state index in [9.17, 15) is 24.9 Å². The molecule has 2 aliphatic carbocycles. The number of benzene rings is 1. The largest absolute Gasteiger partial charge is 0.508 e. The van der Waals surface area contributed by atoms with Gasteiger partial charge in [-0.15, -0.1) is 0 Å². The van der Waals surface area contributed by atoms with Gasteiger partial charge in [-0.05, 0) is 50.5 Å². The second-order valence-corrected chi connectivity index (χ2v) is 8.47. The topological polar surface area (TPSA) is 104 Å². The normalized spacial score (nSPS) is 29.7. The Bertz CT molecular complexity index is 798. The summed E-state index contributed by atoms with van der Waals surface area (Å²) in [6, 6.07) is 1.48. The van der Waals surface area contributed by atoms with E-state index in [0.717, 1.165) is 0 Å². The van der Waals surface area contributed by atoms with Crippen molar-refractivity contribution in [1.82, 2.24) is 0 Å². The van der Waals surface area contributed by atoms with Crippen LogP contribution in [0.2, 0.25) is 0 Å². The molecule has 0 saturated heterocycles. The first-order valence-corrected chi connectivity index (χ1v) is 9.51. The predicted octanol–water partition coefficient (Wildman–Crippen LogP) is 3.47. The number of ether oxygens (including phenoxy) is 1. The maximum absolute atomic E-state index is 12.6. The molecule has 2 aliphatic rings. The molecule has 27 heavy (non-hydrogen) atoms. The third-order valence-electron chi connectivity index (χ3n) is 6.83. The molecule has 148 valence electrons. The molecule has 0 aromatic heterocycles. The van der Waals surface area contributed by atoms with E-state index in [1.165, 1.54) is 13.2 Å². The molecule has 2 unspecified atom stereocenters. The van der Waals surface area contributed by atoms with Crippen molar-refractivity contribution in [2.75, 3.05) is 7.11 Å². The number of phenols is 2. The van der Waals surface area contributed by atoms with Crippen LogP contribution >= 0.6 is 0 Å². The van der Waals surface area contributed by atoms with Crippen LogP contribution in [-0.2, 0) is 26.2 Å². The number of fused-ring (bicyclic) bond motifs is 3. The van der Waals surface area contributed by atoms with Crippen molar-refractivity contribution in [1.29, 1.82) is 0 Å². The molecule has 1 fully saturated rings. The van der Waals surface area contributed by atoms with Crippen molar-refractivity contribution >= 4 is 11.9 Å². The van der Waals surface area contributed by atoms with Crippen molar-refractivity contribution in [3.05, 3.63) is 22.8 Å². The Kier molecular flexibility index (Phi) is 4.65. The Balaban J connectivity index is 2.30. The van der Waals surface area contributed by atoms with Gasteiger partial charge in [-0.1, -0.05) is 20.3 Å². The SMILES string of the molecule is COC(=O)C1(C)CCC[C@]2(C(=O)O)c3c(O)cc(C(C)C)c(O)c3CCC12. The minimum atomic E-state index is -1.41. The molecule has 1 aromatic rings. The first-order valence-electron chi connectivity index (χ1n) is 9.51. The molecule has 3 N–H and O–H groups in total. The van der Waals surface area contributed by atoms with Crippen LogP contribution in [0.3, 0.4) is 0 Å². The van der Waals surface area contributed by atoms with Crippen molar-refractivity contribution in [3.8, 4) is 11.5 Å². The van der Waals surface area contributed by atoms with E-state index in [4.69, 9.17) is 4.74 Å². The lowest BCUT2D eigenvalue weighted by atomic mass is 9.48. The molecule has 1 saturated carbocycles. The van der Waals surface area contributed by atoms with E-state index in [-0.39, 0.29) is 23.0 Å². The molecule has 0 bridgehead atoms. The van der Waals surface area contributed by atoms with Gasteiger partial charge < -0.3 is 20.1 Å². The van der Waals surface area contributed by atoms with Crippen LogP contribution in [0.4, 0.5) is 0 Å². The number of hydrogen-bond donors (Lipinski definition) is 3. The number of carboxylic acids is 1. The van der Waals surface area contributed by atoms with E-state index >= 15 is 0 Å². The van der Waals surface area contributed by atoms with Crippen LogP contribution in [0.5, 0.6) is 11.5 Å². The van der Waals surface area contributed by atoms with Gasteiger partial charge in [0.1, 0.15) is 16.9 Å². The number of aromatic hydroxyl groups is 2. The summed E-state index contributed by atoms with van der Waals surface area (Å²) in [5, 5.41) is 32.0. The average molecular weight is 376 g/mol. The van der Waals surface area contributed by atoms with E-state index in [0.29, 0.717) is 43.2 Å². The fraction of sp³-hybridized carbons (Fsp3) is 0.619. The molecule has 6 nitrogen and oxygen atoms in total. The monoisotopic (exact) mass is 376 g/mol. The van der Waals surface area contributed by atoms with E-state index in [1.54, 1.807) is 6.92 Å². The summed E-state index contributed by atoms with van der Waals surface area (Å²) >= 11 is 0. The summed E-state index contributed by atoms with van der Waals surface area (Å²) in [6.07, 6.45) is 2.26. The van der Waals surface area contributed by atoms with Crippen LogP contribution < -0.4 is 0 Å². The molecule has 0 spiro atoms. The lowest BCUT2D eigenvalue weighted by molar-refractivity contribution is -0.168. The van der Waals surface area contributed by atoms with E-state index < -0.39 is 28.7 Å². The Morgan fingerprint density at radius 2 is 1.93 bits per heavy atom. The van der Waals surface area contributed by atoms with Gasteiger partial charge >= 0.3 is 11.9 Å². The number of carboxylic acid groups (broad SMARTS) is 1. The molecular formula is C21H28O6. The number of aliphatic carboxylic acids is 1. The number of phenolic OH excluding ortho intramolecular Hbond substituents is 2. The summed E-state index contributed by atoms with van der Waals surface area (Å²) in [7, 11) is 1.32. The highest BCUT2D eigenvalue weighted by Gasteiger charge is 2.62. The Labute approximate surface area is 159 Å². The van der Waals surface area contributed by atoms with Crippen molar-refractivity contribution in [2.45, 2.75) is 64.2 Å². The predicted molar refractivity (Wildman–Crippen MR) is 99.0 cm³/mol. The molecule has 0 aliphatic heterocycles. The summed E-state index contributed by atoms with van der Waals surface area (Å²) in [4.78, 5) is 25.2. The van der Waals surface area contributed by atoms with Gasteiger partial charge in [0.05, 0.1) is 12.5 Å². The van der Waals surface area contributed by atoms with Crippen LogP contribution in [0, 0.1) is 11.3 Å². The Morgan fingerprint density at radius 1 is 1.26 bits per heavy atom. The molecule has 3 atom stereocenters. The molecule has 6 heteroatoms. The second kappa shape index (κ2) is 6.43. The van der Waals surface area contributed by atoms with E-state index in [1.807, 2.05) is 13.8 Å². The fourth-order valence-electron chi connectivity index (χ4n) is 5.54. The second-order valence-electron chi connectivity index (χ2n) is 8.47. The maximum Gasteiger partial charge on any atom is 0.314 e. The zero-order chi connectivity index (χ0) is 20.1. The van der Waals surface area contributed by atoms with Gasteiger partial charge in [-0.3, -0.25) is 9.59 Å². The van der Waals surface area contributed by atoms with Crippen LogP contribution in [-0.4, -0.2) is 34.4 Å². The number of carbonyl (C=O) groups is 2. The van der Waals surface area contributed by atoms with E-state index in [2.05, 4.69) is 0 Å². The minimum Gasteiger partial charge on any atom is -0.508 e. The molecular weight excluding hydrogens is 348 g/mol. The number of rotatable bonds is 3. The summed E-state index contributed by atoms with van der Waals surface area (Å²) in [5.74, 6) is -2.02. The van der Waals surface area contributed by atoms with Crippen LogP contribution in [0.15, 0.2) is 6.07 Å². The molecule has 3 rings (SSSR count). The molecule has 0 heterocycles. The maximum atomic E-state index is 12.6. The lowest BCUT2D eigenvalue weighted by Crippen LogP contribution is -2.57. The fourth-order valence-corrected chi connectivity index (χ4v) is 5.54. The van der Waals surface area contributed by atoms with Gasteiger partial charge in [0.2, 0.25) is 0 Å². The van der Waals surface area contributed by atoms with Gasteiger partial charge in [0.15, 0.2) is 0 Å². The van der Waals surface area contributed by atoms with Crippen molar-refractivity contribution in [2.24, 2.45) is 11.3 Å². The van der Waals surface area contributed by atoms with Gasteiger partial charge in [0, 0.05) is 16.7 Å². The first kappa shape index (κ1) is 19.5. The smallest absolute Gasteiger partial charge is 0.314 e. The van der Waals surface area contributed by atoms with Gasteiger partial charge in [-0.25, -0.2) is 0 Å². The third kappa shape index (κ3) is 2.52. The number of hydrogen-bond acceptors (Lipinski definition) is 5. The first-order chi connectivity index (χ1) is 12.6. The number of carbonyl (C=O) groups excluding carboxylic acids is 1. The number of methoxy groups -OCH3 is 1. The highest BCUT2D eigenvalue weighted by molar-refractivity contribution is 5.88. The molecule has 1 aromatic carbocycles. The molecule has 0 amide bonds. The third-order valence-corrected chi connectivity index (χ3v) is 6.83. The Morgan fingerprint density at radius 3 is 2.48 bits per heavy atom. The zero-order valence-corrected chi connectivity index (χ0v) is 16.3. The highest BCUT2D eigenvalue weighted by atomic mass is 16.5. The van der Waals surface area contributed by atoms with Crippen molar-refractivity contribution < 1.29 is 29.6 Å². The standard InChI is InChI=1S/C21H28O6/c1-11(2)13-10-14(22)16-12(17(13)23)6-7-15-20(3,19(26)27-4)8-5-9-21(15,16)18(24)25/h10-11,15,22-23H,5-9H2,1-4H3,(H,24,25)/t15?,20?,21-/m1/s1. The molecule has 0 radical (unpaired) electrons. The van der Waals surface area contributed by atoms with Gasteiger partial charge in [0.25, 0.3) is 0 Å². The quantitative estimate of drug-likeness (QED) is 0.551. The highest BCUT2D eigenvalue weighted by Crippen LogP contribution is 2.61. The summed E-state index contributed by atoms with van der Waals surface area (Å²) in [5.41, 5.74) is -0.959. The Hall–Kier alpha value is -2.24. The zero-order valence-electron chi connectivity index (χ0n) is 16.3. The summed E-state index contributed by atoms with van der Waals surface area (Å²) < 4.78 is 5.02. The lowest BCUT2D eigenvalue weighted by Gasteiger charge is -2.53. The minimum absolute atomic E-state index is 0.00797. The van der Waals surface area contributed by atoms with Crippen molar-refractivity contribution in [3.63, 3.8) is 0 Å². The van der Waals surface area contributed by atoms with Crippen LogP contribution in [0.1, 0.15) is 69.1 Å². The van der Waals surface area contributed by atoms with Gasteiger partial charge in [-0.2, -0.15) is 0 Å². The van der Waals surface area contributed by atoms with Crippen LogP contribution in [0.25, 0.3) is 0 Å². The number of esters is 1.